The van der Waals surface area contributed by atoms with E-state index in [2.05, 4.69) is 17.4 Å². The van der Waals surface area contributed by atoms with E-state index in [0.717, 1.165) is 12.8 Å². The normalized spacial score (nSPS) is 15.8. The van der Waals surface area contributed by atoms with Crippen LogP contribution in [0, 0.1) is 13.8 Å². The van der Waals surface area contributed by atoms with Gasteiger partial charge in [0.25, 0.3) is 5.91 Å². The molecule has 1 fully saturated rings. The number of hydrogen-bond acceptors (Lipinski definition) is 6. The largest absolute Gasteiger partial charge is 0.484 e. The molecule has 0 aliphatic carbocycles. The second-order valence-electron chi connectivity index (χ2n) is 7.58. The van der Waals surface area contributed by atoms with E-state index in [9.17, 15) is 13.2 Å². The van der Waals surface area contributed by atoms with Crippen molar-refractivity contribution in [2.75, 3.05) is 19.7 Å². The first-order chi connectivity index (χ1) is 14.3. The molecule has 0 saturated carbocycles. The van der Waals surface area contributed by atoms with E-state index in [-0.39, 0.29) is 23.5 Å². The van der Waals surface area contributed by atoms with Crippen LogP contribution in [0.15, 0.2) is 33.7 Å². The van der Waals surface area contributed by atoms with Crippen LogP contribution >= 0.6 is 0 Å². The maximum Gasteiger partial charge on any atom is 0.258 e. The molecular formula is C21H29N3O5S. The SMILES string of the molecule is CCCc1ccc(OCC(=O)NC2CCN(S(=O)(=O)c3c(C)noc3C)CC2)cc1. The van der Waals surface area contributed by atoms with E-state index in [1.165, 1.54) is 9.87 Å². The van der Waals surface area contributed by atoms with Gasteiger partial charge in [0.2, 0.25) is 10.0 Å². The molecule has 1 aliphatic heterocycles. The smallest absolute Gasteiger partial charge is 0.258 e. The van der Waals surface area contributed by atoms with Crippen molar-refractivity contribution in [3.63, 3.8) is 0 Å². The summed E-state index contributed by atoms with van der Waals surface area (Å²) in [4.78, 5) is 12.4. The number of benzene rings is 1. The second kappa shape index (κ2) is 9.61. The molecule has 1 aromatic heterocycles. The van der Waals surface area contributed by atoms with Crippen LogP contribution in [0.4, 0.5) is 0 Å². The van der Waals surface area contributed by atoms with E-state index < -0.39 is 10.0 Å². The molecule has 30 heavy (non-hydrogen) atoms. The Morgan fingerprint density at radius 2 is 1.90 bits per heavy atom. The van der Waals surface area contributed by atoms with Gasteiger partial charge in [-0.15, -0.1) is 0 Å². The predicted molar refractivity (Wildman–Crippen MR) is 112 cm³/mol. The third-order valence-corrected chi connectivity index (χ3v) is 7.36. The minimum Gasteiger partial charge on any atom is -0.484 e. The number of rotatable bonds is 8. The zero-order chi connectivity index (χ0) is 21.7. The van der Waals surface area contributed by atoms with Crippen LogP contribution in [-0.2, 0) is 21.2 Å². The quantitative estimate of drug-likeness (QED) is 0.684. The van der Waals surface area contributed by atoms with Gasteiger partial charge in [-0.05, 0) is 50.8 Å². The molecule has 164 valence electrons. The van der Waals surface area contributed by atoms with Crippen molar-refractivity contribution < 1.29 is 22.5 Å². The van der Waals surface area contributed by atoms with Crippen molar-refractivity contribution in [1.29, 1.82) is 0 Å². The number of carbonyl (C=O) groups is 1. The van der Waals surface area contributed by atoms with Crippen LogP contribution in [0.1, 0.15) is 43.2 Å². The summed E-state index contributed by atoms with van der Waals surface area (Å²) in [6.45, 7) is 5.94. The number of ether oxygens (including phenoxy) is 1. The standard InChI is InChI=1S/C21H29N3O5S/c1-4-5-17-6-8-19(9-7-17)28-14-20(25)22-18-10-12-24(13-11-18)30(26,27)21-15(2)23-29-16(21)3/h6-9,18H,4-5,10-14H2,1-3H3,(H,22,25). The molecule has 2 heterocycles. The maximum atomic E-state index is 12.9. The van der Waals surface area contributed by atoms with Gasteiger partial charge in [-0.3, -0.25) is 4.79 Å². The average molecular weight is 436 g/mol. The van der Waals surface area contributed by atoms with Crippen molar-refractivity contribution in [3.8, 4) is 5.75 Å². The fraction of sp³-hybridized carbons (Fsp3) is 0.524. The van der Waals surface area contributed by atoms with Gasteiger partial charge in [0.05, 0.1) is 0 Å². The molecule has 0 spiro atoms. The van der Waals surface area contributed by atoms with E-state index in [4.69, 9.17) is 9.26 Å². The summed E-state index contributed by atoms with van der Waals surface area (Å²) in [7, 11) is -3.65. The molecule has 1 amide bonds. The lowest BCUT2D eigenvalue weighted by Gasteiger charge is -2.31. The Morgan fingerprint density at radius 1 is 1.23 bits per heavy atom. The number of carbonyl (C=O) groups excluding carboxylic acids is 1. The summed E-state index contributed by atoms with van der Waals surface area (Å²) in [6.07, 6.45) is 3.19. The summed E-state index contributed by atoms with van der Waals surface area (Å²) in [5.74, 6) is 0.743. The number of hydrogen-bond donors (Lipinski definition) is 1. The summed E-state index contributed by atoms with van der Waals surface area (Å²) in [5, 5.41) is 6.67. The zero-order valence-corrected chi connectivity index (χ0v) is 18.5. The van der Waals surface area contributed by atoms with Crippen molar-refractivity contribution in [2.45, 2.75) is 57.4 Å². The number of amides is 1. The Labute approximate surface area is 177 Å². The third kappa shape index (κ3) is 5.20. The minimum absolute atomic E-state index is 0.0648. The molecule has 0 atom stereocenters. The Balaban J connectivity index is 1.47. The van der Waals surface area contributed by atoms with Gasteiger partial charge in [-0.1, -0.05) is 30.6 Å². The first-order valence-electron chi connectivity index (χ1n) is 10.3. The molecule has 0 bridgehead atoms. The fourth-order valence-corrected chi connectivity index (χ4v) is 5.43. The Hall–Kier alpha value is -2.39. The highest BCUT2D eigenvalue weighted by Crippen LogP contribution is 2.26. The third-order valence-electron chi connectivity index (χ3n) is 5.22. The van der Waals surface area contributed by atoms with E-state index >= 15 is 0 Å². The summed E-state index contributed by atoms with van der Waals surface area (Å²) >= 11 is 0. The topological polar surface area (TPSA) is 102 Å². The molecule has 1 aromatic carbocycles. The van der Waals surface area contributed by atoms with Crippen LogP contribution in [0.25, 0.3) is 0 Å². The summed E-state index contributed by atoms with van der Waals surface area (Å²) in [5.41, 5.74) is 1.61. The van der Waals surface area contributed by atoms with Crippen molar-refractivity contribution in [3.05, 3.63) is 41.3 Å². The van der Waals surface area contributed by atoms with E-state index in [0.29, 0.717) is 43.1 Å². The number of piperidine rings is 1. The zero-order valence-electron chi connectivity index (χ0n) is 17.7. The molecule has 9 heteroatoms. The number of aromatic nitrogens is 1. The first-order valence-corrected chi connectivity index (χ1v) is 11.7. The molecule has 0 radical (unpaired) electrons. The van der Waals surface area contributed by atoms with Gasteiger partial charge >= 0.3 is 0 Å². The lowest BCUT2D eigenvalue weighted by Crippen LogP contribution is -2.47. The van der Waals surface area contributed by atoms with Crippen molar-refractivity contribution in [2.24, 2.45) is 0 Å². The lowest BCUT2D eigenvalue weighted by molar-refractivity contribution is -0.124. The molecule has 8 nitrogen and oxygen atoms in total. The summed E-state index contributed by atoms with van der Waals surface area (Å²) < 4.78 is 37.7. The Morgan fingerprint density at radius 3 is 2.47 bits per heavy atom. The number of nitrogens with zero attached hydrogens (tertiary/aromatic N) is 2. The molecule has 2 aromatic rings. The van der Waals surface area contributed by atoms with E-state index in [1.807, 2.05) is 24.3 Å². The number of nitrogens with one attached hydrogen (secondary N) is 1. The van der Waals surface area contributed by atoms with Gasteiger partial charge < -0.3 is 14.6 Å². The predicted octanol–water partition coefficient (Wildman–Crippen LogP) is 2.59. The minimum atomic E-state index is -3.65. The second-order valence-corrected chi connectivity index (χ2v) is 9.46. The molecule has 0 unspecified atom stereocenters. The highest BCUT2D eigenvalue weighted by atomic mass is 32.2. The van der Waals surface area contributed by atoms with Gasteiger partial charge in [-0.2, -0.15) is 4.31 Å². The van der Waals surface area contributed by atoms with E-state index in [1.54, 1.807) is 13.8 Å². The van der Waals surface area contributed by atoms with Gasteiger partial charge in [0.1, 0.15) is 16.3 Å². The fourth-order valence-electron chi connectivity index (χ4n) is 3.67. The molecule has 3 rings (SSSR count). The number of sulfonamides is 1. The van der Waals surface area contributed by atoms with Gasteiger partial charge in [0, 0.05) is 19.1 Å². The monoisotopic (exact) mass is 435 g/mol. The lowest BCUT2D eigenvalue weighted by atomic mass is 10.1. The first kappa shape index (κ1) is 22.3. The molecule has 1 saturated heterocycles. The Kier molecular flexibility index (Phi) is 7.14. The van der Waals surface area contributed by atoms with Crippen LogP contribution < -0.4 is 10.1 Å². The highest BCUT2D eigenvalue weighted by molar-refractivity contribution is 7.89. The molecule has 1 N–H and O–H groups in total. The molecule has 1 aliphatic rings. The van der Waals surface area contributed by atoms with Gasteiger partial charge in [-0.25, -0.2) is 8.42 Å². The van der Waals surface area contributed by atoms with Crippen LogP contribution in [0.2, 0.25) is 0 Å². The van der Waals surface area contributed by atoms with Crippen LogP contribution in [0.3, 0.4) is 0 Å². The number of aryl methyl sites for hydroxylation is 3. The average Bonchev–Trinajstić information content (AvgIpc) is 3.07. The van der Waals surface area contributed by atoms with Crippen molar-refractivity contribution >= 4 is 15.9 Å². The highest BCUT2D eigenvalue weighted by Gasteiger charge is 2.34. The van der Waals surface area contributed by atoms with Gasteiger partial charge in [0.15, 0.2) is 12.4 Å². The molecular weight excluding hydrogens is 406 g/mol. The van der Waals surface area contributed by atoms with Crippen LogP contribution in [0.5, 0.6) is 5.75 Å². The summed E-state index contributed by atoms with van der Waals surface area (Å²) in [6, 6.07) is 7.67. The van der Waals surface area contributed by atoms with Crippen LogP contribution in [-0.4, -0.2) is 49.5 Å². The van der Waals surface area contributed by atoms with Crippen molar-refractivity contribution in [1.82, 2.24) is 14.8 Å². The Bertz CT molecular complexity index is 942. The maximum absolute atomic E-state index is 12.9.